The Hall–Kier alpha value is -2.76. The lowest BCUT2D eigenvalue weighted by molar-refractivity contribution is 0.174. The van der Waals surface area contributed by atoms with Crippen LogP contribution in [0.2, 0.25) is 0 Å². The van der Waals surface area contributed by atoms with Crippen LogP contribution in [-0.4, -0.2) is 31.3 Å². The molecule has 0 bridgehead atoms. The van der Waals surface area contributed by atoms with Crippen LogP contribution in [0.1, 0.15) is 11.1 Å². The second-order valence-corrected chi connectivity index (χ2v) is 5.65. The molecular weight excluding hydrogens is 311 g/mol. The molecule has 1 heterocycles. The Morgan fingerprint density at radius 1 is 1.12 bits per heavy atom. The molecule has 2 aromatic carbocycles. The van der Waals surface area contributed by atoms with Crippen LogP contribution in [-0.2, 0) is 13.0 Å². The van der Waals surface area contributed by atoms with Crippen molar-refractivity contribution in [2.45, 2.75) is 13.0 Å². The summed E-state index contributed by atoms with van der Waals surface area (Å²) in [5.41, 5.74) is 1.95. The van der Waals surface area contributed by atoms with Crippen molar-refractivity contribution in [3.63, 3.8) is 0 Å². The normalized spacial score (nSPS) is 12.1. The Kier molecular flexibility index (Phi) is 4.84. The van der Waals surface area contributed by atoms with Crippen molar-refractivity contribution >= 4 is 6.03 Å². The maximum absolute atomic E-state index is 12.8. The summed E-state index contributed by atoms with van der Waals surface area (Å²) in [6.07, 6.45) is 0.657. The molecule has 126 valence electrons. The van der Waals surface area contributed by atoms with Gasteiger partial charge in [0, 0.05) is 20.1 Å². The molecule has 0 fully saturated rings. The predicted octanol–water partition coefficient (Wildman–Crippen LogP) is 2.94. The van der Waals surface area contributed by atoms with Gasteiger partial charge in [-0.05, 0) is 41.8 Å². The van der Waals surface area contributed by atoms with E-state index in [1.54, 1.807) is 24.1 Å². The summed E-state index contributed by atoms with van der Waals surface area (Å²) in [5, 5.41) is 2.86. The van der Waals surface area contributed by atoms with E-state index < -0.39 is 0 Å². The Morgan fingerprint density at radius 2 is 1.83 bits per heavy atom. The summed E-state index contributed by atoms with van der Waals surface area (Å²) in [5.74, 6) is 1.18. The molecule has 2 aromatic rings. The number of hydrogen-bond acceptors (Lipinski definition) is 3. The van der Waals surface area contributed by atoms with E-state index in [-0.39, 0.29) is 18.6 Å². The molecule has 3 rings (SSSR count). The number of fused-ring (bicyclic) bond motifs is 1. The molecule has 0 spiro atoms. The van der Waals surface area contributed by atoms with Gasteiger partial charge in [-0.1, -0.05) is 18.2 Å². The van der Waals surface area contributed by atoms with E-state index in [9.17, 15) is 9.18 Å². The number of benzene rings is 2. The van der Waals surface area contributed by atoms with E-state index in [0.29, 0.717) is 25.3 Å². The van der Waals surface area contributed by atoms with Crippen molar-refractivity contribution in [3.8, 4) is 11.5 Å². The van der Waals surface area contributed by atoms with Gasteiger partial charge in [-0.3, -0.25) is 0 Å². The van der Waals surface area contributed by atoms with Crippen molar-refractivity contribution in [2.75, 3.05) is 20.4 Å². The third-order valence-corrected chi connectivity index (χ3v) is 3.81. The second-order valence-electron chi connectivity index (χ2n) is 5.65. The number of urea groups is 1. The highest BCUT2D eigenvalue weighted by atomic mass is 19.1. The Labute approximate surface area is 140 Å². The van der Waals surface area contributed by atoms with Crippen LogP contribution in [0.3, 0.4) is 0 Å². The molecule has 0 atom stereocenters. The monoisotopic (exact) mass is 330 g/mol. The Balaban J connectivity index is 1.47. The SMILES string of the molecule is CN(Cc1ccc2c(c1)OCO2)C(=O)NCCc1ccc(F)cc1. The zero-order valence-corrected chi connectivity index (χ0v) is 13.4. The quantitative estimate of drug-likeness (QED) is 0.917. The van der Waals surface area contributed by atoms with Crippen molar-refractivity contribution in [2.24, 2.45) is 0 Å². The number of amides is 2. The lowest BCUT2D eigenvalue weighted by Crippen LogP contribution is -2.37. The van der Waals surface area contributed by atoms with Gasteiger partial charge in [-0.25, -0.2) is 9.18 Å². The van der Waals surface area contributed by atoms with Crippen LogP contribution >= 0.6 is 0 Å². The molecule has 0 unspecified atom stereocenters. The van der Waals surface area contributed by atoms with Crippen LogP contribution in [0.5, 0.6) is 11.5 Å². The summed E-state index contributed by atoms with van der Waals surface area (Å²) in [6, 6.07) is 11.8. The summed E-state index contributed by atoms with van der Waals surface area (Å²) < 4.78 is 23.4. The van der Waals surface area contributed by atoms with Gasteiger partial charge in [-0.15, -0.1) is 0 Å². The highest BCUT2D eigenvalue weighted by molar-refractivity contribution is 5.73. The van der Waals surface area contributed by atoms with Gasteiger partial charge < -0.3 is 19.7 Å². The van der Waals surface area contributed by atoms with Crippen LogP contribution in [0.15, 0.2) is 42.5 Å². The standard InChI is InChI=1S/C18H19FN2O3/c1-21(11-14-4-7-16-17(10-14)24-12-23-16)18(22)20-9-8-13-2-5-15(19)6-3-13/h2-7,10H,8-9,11-12H2,1H3,(H,20,22). The number of carbonyl (C=O) groups excluding carboxylic acids is 1. The lowest BCUT2D eigenvalue weighted by Gasteiger charge is -2.18. The van der Waals surface area contributed by atoms with Crippen LogP contribution in [0.25, 0.3) is 0 Å². The maximum atomic E-state index is 12.8. The summed E-state index contributed by atoms with van der Waals surface area (Å²) in [7, 11) is 1.73. The van der Waals surface area contributed by atoms with E-state index >= 15 is 0 Å². The fourth-order valence-corrected chi connectivity index (χ4v) is 2.48. The van der Waals surface area contributed by atoms with E-state index in [2.05, 4.69) is 5.32 Å². The van der Waals surface area contributed by atoms with E-state index in [0.717, 1.165) is 16.9 Å². The number of carbonyl (C=O) groups is 1. The van der Waals surface area contributed by atoms with Crippen LogP contribution < -0.4 is 14.8 Å². The van der Waals surface area contributed by atoms with Gasteiger partial charge in [0.2, 0.25) is 6.79 Å². The first-order valence-electron chi connectivity index (χ1n) is 7.74. The minimum atomic E-state index is -0.258. The number of nitrogens with zero attached hydrogens (tertiary/aromatic N) is 1. The van der Waals surface area contributed by atoms with Crippen LogP contribution in [0.4, 0.5) is 9.18 Å². The number of nitrogens with one attached hydrogen (secondary N) is 1. The van der Waals surface area contributed by atoms with Crippen LogP contribution in [0, 0.1) is 5.82 Å². The van der Waals surface area contributed by atoms with Gasteiger partial charge in [0.25, 0.3) is 0 Å². The summed E-state index contributed by atoms with van der Waals surface area (Å²) in [6.45, 7) is 1.20. The smallest absolute Gasteiger partial charge is 0.317 e. The van der Waals surface area contributed by atoms with Gasteiger partial charge in [-0.2, -0.15) is 0 Å². The van der Waals surface area contributed by atoms with Crippen molar-refractivity contribution < 1.29 is 18.7 Å². The minimum absolute atomic E-state index is 0.158. The number of ether oxygens (including phenoxy) is 2. The molecule has 0 aliphatic carbocycles. The molecule has 0 radical (unpaired) electrons. The fourth-order valence-electron chi connectivity index (χ4n) is 2.48. The van der Waals surface area contributed by atoms with Crippen molar-refractivity contribution in [1.82, 2.24) is 10.2 Å². The lowest BCUT2D eigenvalue weighted by atomic mass is 10.1. The molecule has 5 nitrogen and oxygen atoms in total. The van der Waals surface area contributed by atoms with Gasteiger partial charge in [0.1, 0.15) is 5.82 Å². The molecule has 0 saturated carbocycles. The molecule has 24 heavy (non-hydrogen) atoms. The molecule has 1 aliphatic rings. The highest BCUT2D eigenvalue weighted by Crippen LogP contribution is 2.32. The third kappa shape index (κ3) is 3.95. The molecule has 0 aromatic heterocycles. The molecule has 2 amide bonds. The molecule has 6 heteroatoms. The first-order chi connectivity index (χ1) is 11.6. The predicted molar refractivity (Wildman–Crippen MR) is 87.5 cm³/mol. The highest BCUT2D eigenvalue weighted by Gasteiger charge is 2.15. The van der Waals surface area contributed by atoms with E-state index in [4.69, 9.17) is 9.47 Å². The van der Waals surface area contributed by atoms with E-state index in [1.165, 1.54) is 12.1 Å². The molecule has 0 saturated heterocycles. The Morgan fingerprint density at radius 3 is 2.62 bits per heavy atom. The molecule has 1 N–H and O–H groups in total. The Bertz CT molecular complexity index is 719. The van der Waals surface area contributed by atoms with Crippen molar-refractivity contribution in [3.05, 3.63) is 59.4 Å². The number of hydrogen-bond donors (Lipinski definition) is 1. The first-order valence-corrected chi connectivity index (χ1v) is 7.74. The summed E-state index contributed by atoms with van der Waals surface area (Å²) >= 11 is 0. The topological polar surface area (TPSA) is 50.8 Å². The third-order valence-electron chi connectivity index (χ3n) is 3.81. The minimum Gasteiger partial charge on any atom is -0.454 e. The molecular formula is C18H19FN2O3. The summed E-state index contributed by atoms with van der Waals surface area (Å²) in [4.78, 5) is 13.7. The molecule has 1 aliphatic heterocycles. The zero-order valence-electron chi connectivity index (χ0n) is 13.4. The van der Waals surface area contributed by atoms with Gasteiger partial charge in [0.05, 0.1) is 0 Å². The number of rotatable bonds is 5. The van der Waals surface area contributed by atoms with Gasteiger partial charge in [0.15, 0.2) is 11.5 Å². The zero-order chi connectivity index (χ0) is 16.9. The van der Waals surface area contributed by atoms with Gasteiger partial charge >= 0.3 is 6.03 Å². The maximum Gasteiger partial charge on any atom is 0.317 e. The largest absolute Gasteiger partial charge is 0.454 e. The fraction of sp³-hybridized carbons (Fsp3) is 0.278. The first kappa shape index (κ1) is 16.1. The average Bonchev–Trinajstić information content (AvgIpc) is 3.04. The average molecular weight is 330 g/mol. The van der Waals surface area contributed by atoms with Crippen molar-refractivity contribution in [1.29, 1.82) is 0 Å². The second kappa shape index (κ2) is 7.21. The van der Waals surface area contributed by atoms with E-state index in [1.807, 2.05) is 18.2 Å². The number of halogens is 1.